The first-order valence-electron chi connectivity index (χ1n) is 6.81. The third-order valence-electron chi connectivity index (χ3n) is 2.94. The minimum atomic E-state index is 0.745. The number of rotatable bonds is 4. The second-order valence-electron chi connectivity index (χ2n) is 4.68. The molecule has 5 heteroatoms. The first kappa shape index (κ1) is 14.9. The van der Waals surface area contributed by atoms with E-state index in [2.05, 4.69) is 50.0 Å². The normalized spacial score (nSPS) is 10.7. The van der Waals surface area contributed by atoms with Crippen molar-refractivity contribution in [2.45, 2.75) is 34.1 Å². The molecule has 0 unspecified atom stereocenters. The van der Waals surface area contributed by atoms with Crippen LogP contribution >= 0.6 is 15.9 Å². The summed E-state index contributed by atoms with van der Waals surface area (Å²) in [4.78, 5) is 13.7. The maximum absolute atomic E-state index is 4.66. The van der Waals surface area contributed by atoms with E-state index in [1.807, 2.05) is 26.0 Å². The van der Waals surface area contributed by atoms with E-state index >= 15 is 0 Å². The molecule has 20 heavy (non-hydrogen) atoms. The van der Waals surface area contributed by atoms with Crippen LogP contribution in [0.4, 0.5) is 5.82 Å². The Bertz CT molecular complexity index is 605. The maximum Gasteiger partial charge on any atom is 0.161 e. The predicted molar refractivity (Wildman–Crippen MR) is 86.0 cm³/mol. The highest BCUT2D eigenvalue weighted by Crippen LogP contribution is 2.28. The van der Waals surface area contributed by atoms with Crippen molar-refractivity contribution in [3.63, 3.8) is 0 Å². The van der Waals surface area contributed by atoms with E-state index < -0.39 is 0 Å². The summed E-state index contributed by atoms with van der Waals surface area (Å²) < 4.78 is 0.952. The number of hydrogen-bond donors (Lipinski definition) is 1. The Balaban J connectivity index is 2.58. The van der Waals surface area contributed by atoms with Gasteiger partial charge in [0, 0.05) is 23.5 Å². The van der Waals surface area contributed by atoms with Gasteiger partial charge in [0.05, 0.1) is 10.2 Å². The first-order chi connectivity index (χ1) is 9.55. The Morgan fingerprint density at radius 2 is 1.70 bits per heavy atom. The Hall–Kier alpha value is -1.49. The first-order valence-corrected chi connectivity index (χ1v) is 7.60. The molecule has 0 bridgehead atoms. The zero-order valence-electron chi connectivity index (χ0n) is 12.3. The lowest BCUT2D eigenvalue weighted by molar-refractivity contribution is 0.981. The minimum Gasteiger partial charge on any atom is -0.369 e. The fourth-order valence-electron chi connectivity index (χ4n) is 2.11. The van der Waals surface area contributed by atoms with Gasteiger partial charge in [0.15, 0.2) is 5.82 Å². The molecular formula is C15H19BrN4. The van der Waals surface area contributed by atoms with Crippen LogP contribution in [0.15, 0.2) is 16.6 Å². The third-order valence-corrected chi connectivity index (χ3v) is 3.77. The van der Waals surface area contributed by atoms with E-state index in [1.54, 1.807) is 0 Å². The van der Waals surface area contributed by atoms with Crippen molar-refractivity contribution in [1.82, 2.24) is 15.0 Å². The molecule has 0 spiro atoms. The Morgan fingerprint density at radius 1 is 1.05 bits per heavy atom. The molecule has 0 aliphatic rings. The number of nitrogens with zero attached hydrogens (tertiary/aromatic N) is 3. The van der Waals surface area contributed by atoms with Crippen LogP contribution in [0.25, 0.3) is 11.4 Å². The van der Waals surface area contributed by atoms with Gasteiger partial charge >= 0.3 is 0 Å². The molecule has 0 aliphatic carbocycles. The molecule has 0 aromatic carbocycles. The molecule has 4 nitrogen and oxygen atoms in total. The van der Waals surface area contributed by atoms with Gasteiger partial charge in [-0.3, -0.25) is 4.98 Å². The number of halogens is 1. The smallest absolute Gasteiger partial charge is 0.161 e. The molecule has 0 atom stereocenters. The summed E-state index contributed by atoms with van der Waals surface area (Å²) in [5.74, 6) is 1.59. The standard InChI is InChI=1S/C15H19BrN4/c1-5-12-13(16)15(17-6-2)20-14(19-12)11-7-9(3)18-10(4)8-11/h7-8H,5-6H2,1-4H3,(H,17,19,20). The van der Waals surface area contributed by atoms with Crippen molar-refractivity contribution in [2.24, 2.45) is 0 Å². The molecule has 2 rings (SSSR count). The van der Waals surface area contributed by atoms with Gasteiger partial charge in [0.1, 0.15) is 5.82 Å². The lowest BCUT2D eigenvalue weighted by atomic mass is 10.2. The van der Waals surface area contributed by atoms with Crippen LogP contribution in [0.3, 0.4) is 0 Å². The summed E-state index contributed by atoms with van der Waals surface area (Å²) in [5.41, 5.74) is 3.98. The molecule has 0 saturated heterocycles. The maximum atomic E-state index is 4.66. The van der Waals surface area contributed by atoms with Gasteiger partial charge in [-0.1, -0.05) is 6.92 Å². The highest BCUT2D eigenvalue weighted by atomic mass is 79.9. The van der Waals surface area contributed by atoms with Gasteiger partial charge in [-0.15, -0.1) is 0 Å². The van der Waals surface area contributed by atoms with Crippen LogP contribution in [0, 0.1) is 13.8 Å². The molecule has 0 amide bonds. The number of nitrogens with one attached hydrogen (secondary N) is 1. The van der Waals surface area contributed by atoms with E-state index in [4.69, 9.17) is 0 Å². The van der Waals surface area contributed by atoms with Gasteiger partial charge in [0.2, 0.25) is 0 Å². The number of pyridine rings is 1. The zero-order chi connectivity index (χ0) is 14.7. The molecule has 0 radical (unpaired) electrons. The van der Waals surface area contributed by atoms with Crippen LogP contribution in [0.1, 0.15) is 30.9 Å². The summed E-state index contributed by atoms with van der Waals surface area (Å²) in [6.45, 7) is 8.95. The minimum absolute atomic E-state index is 0.745. The van der Waals surface area contributed by atoms with Crippen molar-refractivity contribution in [1.29, 1.82) is 0 Å². The highest BCUT2D eigenvalue weighted by Gasteiger charge is 2.12. The fraction of sp³-hybridized carbons (Fsp3) is 0.400. The lowest BCUT2D eigenvalue weighted by Gasteiger charge is -2.12. The Labute approximate surface area is 128 Å². The van der Waals surface area contributed by atoms with E-state index in [0.29, 0.717) is 0 Å². The van der Waals surface area contributed by atoms with Crippen LogP contribution in [-0.4, -0.2) is 21.5 Å². The lowest BCUT2D eigenvalue weighted by Crippen LogP contribution is -2.06. The van der Waals surface area contributed by atoms with Gasteiger partial charge < -0.3 is 5.32 Å². The van der Waals surface area contributed by atoms with Crippen molar-refractivity contribution >= 4 is 21.7 Å². The summed E-state index contributed by atoms with van der Waals surface area (Å²) >= 11 is 3.58. The van der Waals surface area contributed by atoms with Gasteiger partial charge in [-0.05, 0) is 55.3 Å². The van der Waals surface area contributed by atoms with Crippen LogP contribution in [0.5, 0.6) is 0 Å². The van der Waals surface area contributed by atoms with E-state index in [0.717, 1.165) is 51.7 Å². The van der Waals surface area contributed by atoms with E-state index in [-0.39, 0.29) is 0 Å². The molecule has 2 aromatic heterocycles. The average Bonchev–Trinajstić information content (AvgIpc) is 2.40. The third kappa shape index (κ3) is 3.15. The van der Waals surface area contributed by atoms with Crippen molar-refractivity contribution in [3.05, 3.63) is 33.7 Å². The zero-order valence-corrected chi connectivity index (χ0v) is 13.9. The number of aromatic nitrogens is 3. The van der Waals surface area contributed by atoms with Crippen LogP contribution in [0.2, 0.25) is 0 Å². The number of hydrogen-bond acceptors (Lipinski definition) is 4. The largest absolute Gasteiger partial charge is 0.369 e. The molecule has 2 heterocycles. The number of anilines is 1. The van der Waals surface area contributed by atoms with Crippen molar-refractivity contribution < 1.29 is 0 Å². The second-order valence-corrected chi connectivity index (χ2v) is 5.47. The quantitative estimate of drug-likeness (QED) is 0.920. The molecule has 2 aromatic rings. The average molecular weight is 335 g/mol. The topological polar surface area (TPSA) is 50.7 Å². The summed E-state index contributed by atoms with van der Waals surface area (Å²) in [6.07, 6.45) is 0.859. The van der Waals surface area contributed by atoms with Gasteiger partial charge in [-0.2, -0.15) is 0 Å². The van der Waals surface area contributed by atoms with Gasteiger partial charge in [0.25, 0.3) is 0 Å². The molecule has 0 saturated carbocycles. The SMILES string of the molecule is CCNc1nc(-c2cc(C)nc(C)c2)nc(CC)c1Br. The van der Waals surface area contributed by atoms with Crippen LogP contribution in [-0.2, 0) is 6.42 Å². The van der Waals surface area contributed by atoms with Crippen LogP contribution < -0.4 is 5.32 Å². The highest BCUT2D eigenvalue weighted by molar-refractivity contribution is 9.10. The Morgan fingerprint density at radius 3 is 2.25 bits per heavy atom. The van der Waals surface area contributed by atoms with Crippen molar-refractivity contribution in [3.8, 4) is 11.4 Å². The van der Waals surface area contributed by atoms with E-state index in [9.17, 15) is 0 Å². The van der Waals surface area contributed by atoms with Crippen molar-refractivity contribution in [2.75, 3.05) is 11.9 Å². The summed E-state index contributed by atoms with van der Waals surface area (Å²) in [5, 5.41) is 3.28. The molecule has 1 N–H and O–H groups in total. The second kappa shape index (κ2) is 6.31. The molecule has 0 fully saturated rings. The molecule has 0 aliphatic heterocycles. The molecule has 106 valence electrons. The van der Waals surface area contributed by atoms with Gasteiger partial charge in [-0.25, -0.2) is 9.97 Å². The summed E-state index contributed by atoms with van der Waals surface area (Å²) in [7, 11) is 0. The van der Waals surface area contributed by atoms with E-state index in [1.165, 1.54) is 0 Å². The monoisotopic (exact) mass is 334 g/mol. The Kier molecular flexibility index (Phi) is 4.70. The fourth-order valence-corrected chi connectivity index (χ4v) is 2.70. The summed E-state index contributed by atoms with van der Waals surface area (Å²) in [6, 6.07) is 4.04. The number of aryl methyl sites for hydroxylation is 3. The predicted octanol–water partition coefficient (Wildman–Crippen LogP) is 3.91. The molecular weight excluding hydrogens is 316 g/mol.